The molecule has 1 heteroatoms. The van der Waals surface area contributed by atoms with Crippen molar-refractivity contribution < 1.29 is 4.79 Å². The fraction of sp³-hybridized carbons (Fsp3) is 0.909. The predicted molar refractivity (Wildman–Crippen MR) is 46.7 cm³/mol. The first kappa shape index (κ1) is 7.11. The van der Waals surface area contributed by atoms with E-state index in [9.17, 15) is 4.79 Å². The molecule has 1 spiro atoms. The average Bonchev–Trinajstić information content (AvgIpc) is 2.53. The third-order valence-electron chi connectivity index (χ3n) is 5.39. The zero-order valence-corrected chi connectivity index (χ0v) is 7.94. The van der Waals surface area contributed by atoms with Gasteiger partial charge in [0.2, 0.25) is 0 Å². The Hall–Kier alpha value is -0.330. The maximum absolute atomic E-state index is 11.6. The van der Waals surface area contributed by atoms with Crippen molar-refractivity contribution in [1.82, 2.24) is 0 Å². The summed E-state index contributed by atoms with van der Waals surface area (Å²) in [5, 5.41) is 0. The lowest BCUT2D eigenvalue weighted by Crippen LogP contribution is -2.46. The zero-order valence-electron chi connectivity index (χ0n) is 7.94. The monoisotopic (exact) mass is 164 g/mol. The quantitative estimate of drug-likeness (QED) is 0.582. The van der Waals surface area contributed by atoms with E-state index in [0.29, 0.717) is 16.6 Å². The van der Waals surface area contributed by atoms with Gasteiger partial charge in [-0.3, -0.25) is 4.79 Å². The molecular weight excluding hydrogens is 148 g/mol. The van der Waals surface area contributed by atoms with Crippen molar-refractivity contribution >= 4 is 5.78 Å². The summed E-state index contributed by atoms with van der Waals surface area (Å²) in [5.41, 5.74) is 1.25. The zero-order chi connectivity index (χ0) is 8.61. The maximum Gasteiger partial charge on any atom is 0.136 e. The highest BCUT2D eigenvalue weighted by molar-refractivity contribution is 5.86. The molecule has 0 saturated heterocycles. The van der Waals surface area contributed by atoms with Gasteiger partial charge in [0.05, 0.1) is 0 Å². The largest absolute Gasteiger partial charge is 0.299 e. The molecule has 0 amide bonds. The minimum absolute atomic E-state index is 0.168. The van der Waals surface area contributed by atoms with Gasteiger partial charge in [-0.25, -0.2) is 0 Å². The van der Waals surface area contributed by atoms with E-state index >= 15 is 0 Å². The number of Topliss-reactive ketones (excluding diaryl/α,β-unsaturated/α-hetero) is 1. The van der Waals surface area contributed by atoms with Crippen molar-refractivity contribution in [2.45, 2.75) is 46.0 Å². The number of carbonyl (C=O) groups excluding carboxylic acids is 1. The molecule has 0 N–H and O–H groups in total. The Morgan fingerprint density at radius 3 is 2.08 bits per heavy atom. The van der Waals surface area contributed by atoms with Gasteiger partial charge in [-0.15, -0.1) is 0 Å². The molecule has 3 atom stereocenters. The molecular formula is C11H16O. The summed E-state index contributed by atoms with van der Waals surface area (Å²) in [6.45, 7) is 4.20. The smallest absolute Gasteiger partial charge is 0.136 e. The van der Waals surface area contributed by atoms with Gasteiger partial charge in [0.1, 0.15) is 5.78 Å². The Morgan fingerprint density at radius 2 is 1.83 bits per heavy atom. The molecule has 0 bridgehead atoms. The molecule has 0 aromatic heterocycles. The van der Waals surface area contributed by atoms with Crippen molar-refractivity contribution in [3.63, 3.8) is 0 Å². The summed E-state index contributed by atoms with van der Waals surface area (Å²) in [6, 6.07) is 0. The van der Waals surface area contributed by atoms with E-state index in [1.807, 2.05) is 6.92 Å². The van der Waals surface area contributed by atoms with Gasteiger partial charge in [-0.05, 0) is 49.9 Å². The molecule has 3 saturated carbocycles. The first-order valence-electron chi connectivity index (χ1n) is 5.08. The maximum atomic E-state index is 11.6. The lowest BCUT2D eigenvalue weighted by molar-refractivity contribution is -0.138. The molecule has 3 unspecified atom stereocenters. The SMILES string of the molecule is CC(=O)C12CCC3(C)CC31CC2. The summed E-state index contributed by atoms with van der Waals surface area (Å²) < 4.78 is 0. The van der Waals surface area contributed by atoms with Crippen LogP contribution in [0.15, 0.2) is 0 Å². The van der Waals surface area contributed by atoms with Crippen LogP contribution in [0.1, 0.15) is 46.0 Å². The van der Waals surface area contributed by atoms with Crippen molar-refractivity contribution in [3.8, 4) is 0 Å². The molecule has 3 fully saturated rings. The van der Waals surface area contributed by atoms with Crippen LogP contribution in [-0.2, 0) is 4.79 Å². The van der Waals surface area contributed by atoms with Gasteiger partial charge in [0, 0.05) is 5.41 Å². The molecule has 0 aliphatic heterocycles. The van der Waals surface area contributed by atoms with E-state index in [2.05, 4.69) is 6.92 Å². The number of carbonyl (C=O) groups is 1. The van der Waals surface area contributed by atoms with Crippen LogP contribution in [0.5, 0.6) is 0 Å². The topological polar surface area (TPSA) is 17.1 Å². The van der Waals surface area contributed by atoms with Crippen molar-refractivity contribution in [2.75, 3.05) is 0 Å². The fourth-order valence-electron chi connectivity index (χ4n) is 4.36. The van der Waals surface area contributed by atoms with E-state index < -0.39 is 0 Å². The van der Waals surface area contributed by atoms with E-state index in [1.54, 1.807) is 0 Å². The molecule has 12 heavy (non-hydrogen) atoms. The molecule has 0 heterocycles. The van der Waals surface area contributed by atoms with Gasteiger partial charge >= 0.3 is 0 Å². The number of hydrogen-bond acceptors (Lipinski definition) is 1. The van der Waals surface area contributed by atoms with Gasteiger partial charge in [-0.2, -0.15) is 0 Å². The molecule has 0 radical (unpaired) electrons. The highest BCUT2D eigenvalue weighted by atomic mass is 16.1. The Bertz CT molecular complexity index is 279. The molecule has 0 aromatic rings. The second-order valence-electron chi connectivity index (χ2n) is 5.46. The van der Waals surface area contributed by atoms with Crippen LogP contribution in [0.4, 0.5) is 0 Å². The second kappa shape index (κ2) is 1.51. The van der Waals surface area contributed by atoms with Gasteiger partial charge in [-0.1, -0.05) is 6.92 Å². The van der Waals surface area contributed by atoms with Crippen molar-refractivity contribution in [3.05, 3.63) is 0 Å². The number of hydrogen-bond donors (Lipinski definition) is 0. The second-order valence-corrected chi connectivity index (χ2v) is 5.46. The molecule has 1 nitrogen and oxygen atoms in total. The Kier molecular flexibility index (Phi) is 0.897. The summed E-state index contributed by atoms with van der Waals surface area (Å²) >= 11 is 0. The molecule has 0 aromatic carbocycles. The minimum Gasteiger partial charge on any atom is -0.299 e. The van der Waals surface area contributed by atoms with Gasteiger partial charge in [0.25, 0.3) is 0 Å². The summed E-state index contributed by atoms with van der Waals surface area (Å²) in [5.74, 6) is 0.481. The lowest BCUT2D eigenvalue weighted by atomic mass is 9.55. The Morgan fingerprint density at radius 1 is 1.17 bits per heavy atom. The minimum atomic E-state index is 0.168. The van der Waals surface area contributed by atoms with Crippen LogP contribution < -0.4 is 0 Å². The lowest BCUT2D eigenvalue weighted by Gasteiger charge is -2.47. The van der Waals surface area contributed by atoms with Crippen molar-refractivity contribution in [1.29, 1.82) is 0 Å². The average molecular weight is 164 g/mol. The summed E-state index contributed by atoms with van der Waals surface area (Å²) in [6.07, 6.45) is 6.38. The van der Waals surface area contributed by atoms with E-state index in [-0.39, 0.29) is 5.41 Å². The molecule has 3 aliphatic carbocycles. The van der Waals surface area contributed by atoms with Gasteiger partial charge < -0.3 is 0 Å². The molecule has 3 rings (SSSR count). The number of ketones is 1. The highest BCUT2D eigenvalue weighted by Crippen LogP contribution is 2.88. The van der Waals surface area contributed by atoms with Crippen LogP contribution in [-0.4, -0.2) is 5.78 Å². The predicted octanol–water partition coefficient (Wildman–Crippen LogP) is 2.55. The van der Waals surface area contributed by atoms with E-state index in [4.69, 9.17) is 0 Å². The Labute approximate surface area is 73.5 Å². The van der Waals surface area contributed by atoms with Crippen LogP contribution in [0, 0.1) is 16.2 Å². The molecule has 3 aliphatic rings. The summed E-state index contributed by atoms with van der Waals surface area (Å²) in [7, 11) is 0. The summed E-state index contributed by atoms with van der Waals surface area (Å²) in [4.78, 5) is 11.6. The van der Waals surface area contributed by atoms with Gasteiger partial charge in [0.15, 0.2) is 0 Å². The first-order valence-corrected chi connectivity index (χ1v) is 5.08. The normalized spacial score (nSPS) is 60.2. The van der Waals surface area contributed by atoms with Crippen LogP contribution >= 0.6 is 0 Å². The first-order chi connectivity index (χ1) is 5.56. The van der Waals surface area contributed by atoms with Crippen LogP contribution in [0.25, 0.3) is 0 Å². The Balaban J connectivity index is 2.06. The standard InChI is InChI=1S/C11H16O/c1-8(12)10-4-3-9(2)7-11(9,10)6-5-10/h3-7H2,1-2H3. The molecule has 66 valence electrons. The number of rotatable bonds is 1. The van der Waals surface area contributed by atoms with Crippen LogP contribution in [0.2, 0.25) is 0 Å². The van der Waals surface area contributed by atoms with Crippen LogP contribution in [0.3, 0.4) is 0 Å². The third kappa shape index (κ3) is 0.419. The fourth-order valence-corrected chi connectivity index (χ4v) is 4.36. The van der Waals surface area contributed by atoms with E-state index in [1.165, 1.54) is 32.1 Å². The third-order valence-corrected chi connectivity index (χ3v) is 5.39. The van der Waals surface area contributed by atoms with E-state index in [0.717, 1.165) is 0 Å². The highest BCUT2D eigenvalue weighted by Gasteiger charge is 2.82. The van der Waals surface area contributed by atoms with Crippen molar-refractivity contribution in [2.24, 2.45) is 16.2 Å².